The maximum atomic E-state index is 5.10. The van der Waals surface area contributed by atoms with Crippen LogP contribution in [0.3, 0.4) is 0 Å². The van der Waals surface area contributed by atoms with E-state index >= 15 is 0 Å². The summed E-state index contributed by atoms with van der Waals surface area (Å²) in [5.74, 6) is 0.892. The van der Waals surface area contributed by atoms with Gasteiger partial charge in [-0.05, 0) is 35.2 Å². The Balaban J connectivity index is 2.11. The van der Waals surface area contributed by atoms with Crippen LogP contribution in [0.1, 0.15) is 10.4 Å². The van der Waals surface area contributed by atoms with E-state index in [9.17, 15) is 0 Å². The fraction of sp³-hybridized carbons (Fsp3) is 0.0769. The SMILES string of the molecule is COc1ccc(C=Cc2cccs2)cc1. The van der Waals surface area contributed by atoms with Crippen LogP contribution in [0.2, 0.25) is 0 Å². The third-order valence-electron chi connectivity index (χ3n) is 2.10. The fourth-order valence-electron chi connectivity index (χ4n) is 1.28. The molecular weight excluding hydrogens is 204 g/mol. The smallest absolute Gasteiger partial charge is 0.118 e. The zero-order chi connectivity index (χ0) is 10.5. The molecule has 0 atom stereocenters. The fourth-order valence-corrected chi connectivity index (χ4v) is 1.90. The molecule has 2 aromatic rings. The summed E-state index contributed by atoms with van der Waals surface area (Å²) in [4.78, 5) is 1.27. The molecule has 0 unspecified atom stereocenters. The topological polar surface area (TPSA) is 9.23 Å². The van der Waals surface area contributed by atoms with Crippen LogP contribution in [0.25, 0.3) is 12.2 Å². The van der Waals surface area contributed by atoms with Crippen molar-refractivity contribution < 1.29 is 4.74 Å². The van der Waals surface area contributed by atoms with E-state index in [4.69, 9.17) is 4.74 Å². The summed E-state index contributed by atoms with van der Waals surface area (Å²) in [5.41, 5.74) is 1.18. The first-order valence-corrected chi connectivity index (χ1v) is 5.62. The van der Waals surface area contributed by atoms with Gasteiger partial charge in [0.05, 0.1) is 7.11 Å². The number of hydrogen-bond donors (Lipinski definition) is 0. The van der Waals surface area contributed by atoms with E-state index in [1.807, 2.05) is 24.3 Å². The number of rotatable bonds is 3. The molecule has 0 fully saturated rings. The van der Waals surface area contributed by atoms with Crippen molar-refractivity contribution in [2.75, 3.05) is 7.11 Å². The molecule has 1 aromatic heterocycles. The second-order valence-electron chi connectivity index (χ2n) is 3.12. The highest BCUT2D eigenvalue weighted by Crippen LogP contribution is 2.15. The summed E-state index contributed by atoms with van der Waals surface area (Å²) in [7, 11) is 1.68. The second kappa shape index (κ2) is 4.80. The van der Waals surface area contributed by atoms with Gasteiger partial charge < -0.3 is 4.74 Å². The zero-order valence-electron chi connectivity index (χ0n) is 8.51. The average molecular weight is 216 g/mol. The summed E-state index contributed by atoms with van der Waals surface area (Å²) in [6.07, 6.45) is 4.22. The molecule has 15 heavy (non-hydrogen) atoms. The van der Waals surface area contributed by atoms with Crippen molar-refractivity contribution in [3.63, 3.8) is 0 Å². The lowest BCUT2D eigenvalue weighted by Crippen LogP contribution is -1.81. The molecule has 0 N–H and O–H groups in total. The third-order valence-corrected chi connectivity index (χ3v) is 2.94. The minimum Gasteiger partial charge on any atom is -0.497 e. The Bertz CT molecular complexity index is 426. The largest absolute Gasteiger partial charge is 0.497 e. The molecule has 76 valence electrons. The molecule has 1 nitrogen and oxygen atoms in total. The van der Waals surface area contributed by atoms with Gasteiger partial charge in [-0.2, -0.15) is 0 Å². The van der Waals surface area contributed by atoms with Crippen LogP contribution >= 0.6 is 11.3 Å². The van der Waals surface area contributed by atoms with Crippen LogP contribution in [0, 0.1) is 0 Å². The van der Waals surface area contributed by atoms with Gasteiger partial charge in [0.2, 0.25) is 0 Å². The van der Waals surface area contributed by atoms with Crippen LogP contribution in [0.5, 0.6) is 5.75 Å². The summed E-state index contributed by atoms with van der Waals surface area (Å²) >= 11 is 1.74. The average Bonchev–Trinajstić information content (AvgIpc) is 2.80. The molecule has 0 bridgehead atoms. The summed E-state index contributed by atoms with van der Waals surface area (Å²) < 4.78 is 5.10. The molecule has 0 amide bonds. The third kappa shape index (κ3) is 2.70. The number of hydrogen-bond acceptors (Lipinski definition) is 2. The molecule has 0 aliphatic heterocycles. The van der Waals surface area contributed by atoms with Gasteiger partial charge in [0, 0.05) is 4.88 Å². The Morgan fingerprint density at radius 3 is 2.47 bits per heavy atom. The van der Waals surface area contributed by atoms with Crippen molar-refractivity contribution in [1.29, 1.82) is 0 Å². The predicted octanol–water partition coefficient (Wildman–Crippen LogP) is 3.93. The van der Waals surface area contributed by atoms with E-state index in [2.05, 4.69) is 29.7 Å². The highest BCUT2D eigenvalue weighted by atomic mass is 32.1. The van der Waals surface area contributed by atoms with Crippen molar-refractivity contribution in [2.24, 2.45) is 0 Å². The number of methoxy groups -OCH3 is 1. The Hall–Kier alpha value is -1.54. The summed E-state index contributed by atoms with van der Waals surface area (Å²) in [6, 6.07) is 12.2. The summed E-state index contributed by atoms with van der Waals surface area (Å²) in [5, 5.41) is 2.08. The van der Waals surface area contributed by atoms with Crippen molar-refractivity contribution in [3.05, 3.63) is 52.2 Å². The van der Waals surface area contributed by atoms with Crippen molar-refractivity contribution in [1.82, 2.24) is 0 Å². The van der Waals surface area contributed by atoms with Gasteiger partial charge in [-0.1, -0.05) is 24.3 Å². The minimum absolute atomic E-state index is 0.892. The Kier molecular flexibility index (Phi) is 3.20. The Morgan fingerprint density at radius 1 is 1.07 bits per heavy atom. The molecule has 0 saturated heterocycles. The maximum Gasteiger partial charge on any atom is 0.118 e. The maximum absolute atomic E-state index is 5.10. The zero-order valence-corrected chi connectivity index (χ0v) is 9.33. The van der Waals surface area contributed by atoms with E-state index in [-0.39, 0.29) is 0 Å². The first-order chi connectivity index (χ1) is 7.38. The van der Waals surface area contributed by atoms with Gasteiger partial charge in [0.15, 0.2) is 0 Å². The van der Waals surface area contributed by atoms with Gasteiger partial charge in [-0.15, -0.1) is 11.3 Å². The lowest BCUT2D eigenvalue weighted by molar-refractivity contribution is 0.415. The Morgan fingerprint density at radius 2 is 1.87 bits per heavy atom. The van der Waals surface area contributed by atoms with E-state index in [1.165, 1.54) is 10.4 Å². The van der Waals surface area contributed by atoms with Crippen LogP contribution in [-0.4, -0.2) is 7.11 Å². The van der Waals surface area contributed by atoms with Crippen LogP contribution in [0.4, 0.5) is 0 Å². The quantitative estimate of drug-likeness (QED) is 0.755. The normalized spacial score (nSPS) is 10.7. The van der Waals surface area contributed by atoms with Crippen LogP contribution in [-0.2, 0) is 0 Å². The molecule has 1 aromatic carbocycles. The highest BCUT2D eigenvalue weighted by molar-refractivity contribution is 7.10. The summed E-state index contributed by atoms with van der Waals surface area (Å²) in [6.45, 7) is 0. The van der Waals surface area contributed by atoms with E-state index in [1.54, 1.807) is 18.4 Å². The molecule has 1 heterocycles. The molecule has 2 rings (SSSR count). The van der Waals surface area contributed by atoms with E-state index in [0.717, 1.165) is 5.75 Å². The van der Waals surface area contributed by atoms with Gasteiger partial charge in [-0.25, -0.2) is 0 Å². The second-order valence-corrected chi connectivity index (χ2v) is 4.10. The number of benzene rings is 1. The highest BCUT2D eigenvalue weighted by Gasteiger charge is 1.90. The number of ether oxygens (including phenoxy) is 1. The van der Waals surface area contributed by atoms with E-state index in [0.29, 0.717) is 0 Å². The molecule has 0 aliphatic rings. The molecule has 0 aliphatic carbocycles. The van der Waals surface area contributed by atoms with Crippen molar-refractivity contribution >= 4 is 23.5 Å². The standard InChI is InChI=1S/C13H12OS/c1-14-12-7-4-11(5-8-12)6-9-13-3-2-10-15-13/h2-10H,1H3. The Labute approximate surface area is 93.6 Å². The van der Waals surface area contributed by atoms with Gasteiger partial charge in [0.25, 0.3) is 0 Å². The van der Waals surface area contributed by atoms with Gasteiger partial charge >= 0.3 is 0 Å². The molecule has 0 spiro atoms. The van der Waals surface area contributed by atoms with Crippen LogP contribution < -0.4 is 4.74 Å². The molecule has 2 heteroatoms. The van der Waals surface area contributed by atoms with Gasteiger partial charge in [0.1, 0.15) is 5.75 Å². The lowest BCUT2D eigenvalue weighted by Gasteiger charge is -1.98. The predicted molar refractivity (Wildman–Crippen MR) is 66.2 cm³/mol. The molecular formula is C13H12OS. The first-order valence-electron chi connectivity index (χ1n) is 4.74. The molecule has 0 saturated carbocycles. The minimum atomic E-state index is 0.892. The molecule has 0 radical (unpaired) electrons. The van der Waals surface area contributed by atoms with Gasteiger partial charge in [-0.3, -0.25) is 0 Å². The lowest BCUT2D eigenvalue weighted by atomic mass is 10.2. The number of thiophene rings is 1. The monoisotopic (exact) mass is 216 g/mol. The van der Waals surface area contributed by atoms with E-state index < -0.39 is 0 Å². The van der Waals surface area contributed by atoms with Crippen LogP contribution in [0.15, 0.2) is 41.8 Å². The first kappa shape index (κ1) is 9.99. The van der Waals surface area contributed by atoms with Crippen molar-refractivity contribution in [3.8, 4) is 5.75 Å². The van der Waals surface area contributed by atoms with Crippen molar-refractivity contribution in [2.45, 2.75) is 0 Å².